The van der Waals surface area contributed by atoms with Crippen LogP contribution in [-0.2, 0) is 16.0 Å². The third-order valence-corrected chi connectivity index (χ3v) is 5.36. The SMILES string of the molecule is CCC(C(=O)O)C1/C=C/C=C(OCCc2nc(-c3ccccc3)oc2C)\C=C\CC1. The van der Waals surface area contributed by atoms with E-state index in [4.69, 9.17) is 9.15 Å². The van der Waals surface area contributed by atoms with Gasteiger partial charge in [-0.2, -0.15) is 0 Å². The number of rotatable bonds is 8. The number of aryl methyl sites for hydroxylation is 1. The number of carboxylic acid groups (broad SMARTS) is 1. The van der Waals surface area contributed by atoms with Gasteiger partial charge in [-0.3, -0.25) is 4.79 Å². The van der Waals surface area contributed by atoms with E-state index in [0.29, 0.717) is 25.3 Å². The molecule has 0 radical (unpaired) electrons. The van der Waals surface area contributed by atoms with E-state index in [0.717, 1.165) is 35.6 Å². The van der Waals surface area contributed by atoms with Gasteiger partial charge in [0, 0.05) is 12.0 Å². The number of aromatic nitrogens is 1. The van der Waals surface area contributed by atoms with Gasteiger partial charge in [-0.05, 0) is 56.4 Å². The number of ether oxygens (including phenoxy) is 1. The van der Waals surface area contributed by atoms with Crippen molar-refractivity contribution in [1.82, 2.24) is 4.98 Å². The zero-order valence-electron chi connectivity index (χ0n) is 17.6. The second-order valence-electron chi connectivity index (χ2n) is 7.44. The van der Waals surface area contributed by atoms with Crippen LogP contribution in [0.25, 0.3) is 11.5 Å². The molecule has 1 heterocycles. The van der Waals surface area contributed by atoms with Crippen molar-refractivity contribution in [2.45, 2.75) is 39.5 Å². The predicted octanol–water partition coefficient (Wildman–Crippen LogP) is 5.73. The van der Waals surface area contributed by atoms with Crippen LogP contribution in [0.3, 0.4) is 0 Å². The highest BCUT2D eigenvalue weighted by Gasteiger charge is 2.23. The molecular weight excluding hydrogens is 378 g/mol. The van der Waals surface area contributed by atoms with Crippen molar-refractivity contribution in [2.24, 2.45) is 11.8 Å². The van der Waals surface area contributed by atoms with Crippen LogP contribution in [0, 0.1) is 18.8 Å². The van der Waals surface area contributed by atoms with Crippen LogP contribution < -0.4 is 0 Å². The quantitative estimate of drug-likeness (QED) is 0.605. The summed E-state index contributed by atoms with van der Waals surface area (Å²) < 4.78 is 11.7. The van der Waals surface area contributed by atoms with E-state index in [9.17, 15) is 9.90 Å². The van der Waals surface area contributed by atoms with Crippen LogP contribution >= 0.6 is 0 Å². The first kappa shape index (κ1) is 21.6. The summed E-state index contributed by atoms with van der Waals surface area (Å²) in [5.74, 6) is 1.15. The Bertz CT molecular complexity index is 924. The molecule has 0 aliphatic heterocycles. The lowest BCUT2D eigenvalue weighted by atomic mass is 9.86. The number of aliphatic carboxylic acids is 1. The van der Waals surface area contributed by atoms with Crippen molar-refractivity contribution in [2.75, 3.05) is 6.61 Å². The minimum Gasteiger partial charge on any atom is -0.493 e. The van der Waals surface area contributed by atoms with Gasteiger partial charge in [-0.15, -0.1) is 0 Å². The molecule has 0 spiro atoms. The summed E-state index contributed by atoms with van der Waals surface area (Å²) in [4.78, 5) is 16.1. The van der Waals surface area contributed by atoms with Crippen LogP contribution in [0.5, 0.6) is 0 Å². The van der Waals surface area contributed by atoms with Gasteiger partial charge in [-0.25, -0.2) is 4.98 Å². The Hall–Kier alpha value is -3.08. The molecule has 1 aliphatic carbocycles. The lowest BCUT2D eigenvalue weighted by Crippen LogP contribution is -2.21. The summed E-state index contributed by atoms with van der Waals surface area (Å²) in [5.41, 5.74) is 1.85. The normalized spacial score (nSPS) is 21.4. The fraction of sp³-hybridized carbons (Fsp3) is 0.360. The van der Waals surface area contributed by atoms with E-state index in [1.165, 1.54) is 0 Å². The molecule has 30 heavy (non-hydrogen) atoms. The predicted molar refractivity (Wildman–Crippen MR) is 117 cm³/mol. The Labute approximate surface area is 177 Å². The molecule has 0 fully saturated rings. The zero-order valence-corrected chi connectivity index (χ0v) is 17.6. The molecule has 1 N–H and O–H groups in total. The number of carboxylic acids is 1. The average Bonchev–Trinajstić information content (AvgIpc) is 3.15. The summed E-state index contributed by atoms with van der Waals surface area (Å²) >= 11 is 0. The highest BCUT2D eigenvalue weighted by Crippen LogP contribution is 2.25. The average molecular weight is 408 g/mol. The van der Waals surface area contributed by atoms with Gasteiger partial charge in [0.15, 0.2) is 0 Å². The summed E-state index contributed by atoms with van der Waals surface area (Å²) in [6.45, 7) is 4.33. The Morgan fingerprint density at radius 2 is 2.13 bits per heavy atom. The maximum absolute atomic E-state index is 11.5. The van der Waals surface area contributed by atoms with E-state index >= 15 is 0 Å². The van der Waals surface area contributed by atoms with Gasteiger partial charge in [0.1, 0.15) is 11.5 Å². The second kappa shape index (κ2) is 10.6. The van der Waals surface area contributed by atoms with Gasteiger partial charge >= 0.3 is 5.97 Å². The van der Waals surface area contributed by atoms with E-state index in [2.05, 4.69) is 11.1 Å². The number of benzene rings is 1. The molecule has 5 nitrogen and oxygen atoms in total. The standard InChI is InChI=1S/C25H29NO4/c1-3-22(25(27)28)19-10-7-8-14-21(15-9-13-19)29-17-16-23-18(2)30-24(26-23)20-11-5-4-6-12-20/h4-6,8-9,11-15,19,22H,3,7,10,16-17H2,1-2H3,(H,27,28)/b13-9+,14-8+,21-15+. The van der Waals surface area contributed by atoms with Crippen LogP contribution in [0.2, 0.25) is 0 Å². The second-order valence-corrected chi connectivity index (χ2v) is 7.44. The Balaban J connectivity index is 1.60. The highest BCUT2D eigenvalue weighted by molar-refractivity contribution is 5.70. The van der Waals surface area contributed by atoms with Crippen LogP contribution in [0.1, 0.15) is 37.6 Å². The van der Waals surface area contributed by atoms with Crippen LogP contribution in [0.4, 0.5) is 0 Å². The van der Waals surface area contributed by atoms with E-state index < -0.39 is 5.97 Å². The maximum atomic E-state index is 11.5. The van der Waals surface area contributed by atoms with Gasteiger partial charge in [-0.1, -0.05) is 43.4 Å². The van der Waals surface area contributed by atoms with Crippen molar-refractivity contribution >= 4 is 5.97 Å². The molecule has 0 bridgehead atoms. The first-order chi connectivity index (χ1) is 14.6. The third-order valence-electron chi connectivity index (χ3n) is 5.36. The number of carbonyl (C=O) groups is 1. The molecule has 3 rings (SSSR count). The third kappa shape index (κ3) is 5.72. The van der Waals surface area contributed by atoms with Gasteiger partial charge < -0.3 is 14.3 Å². The highest BCUT2D eigenvalue weighted by atomic mass is 16.5. The fourth-order valence-corrected chi connectivity index (χ4v) is 3.65. The molecule has 2 unspecified atom stereocenters. The van der Waals surface area contributed by atoms with Gasteiger partial charge in [0.25, 0.3) is 0 Å². The van der Waals surface area contributed by atoms with Crippen molar-refractivity contribution in [3.63, 3.8) is 0 Å². The summed E-state index contributed by atoms with van der Waals surface area (Å²) in [6, 6.07) is 9.85. The van der Waals surface area contributed by atoms with Gasteiger partial charge in [0.2, 0.25) is 5.89 Å². The first-order valence-corrected chi connectivity index (χ1v) is 10.5. The summed E-state index contributed by atoms with van der Waals surface area (Å²) in [6.07, 6.45) is 12.7. The Morgan fingerprint density at radius 3 is 2.87 bits per heavy atom. The zero-order chi connectivity index (χ0) is 21.3. The van der Waals surface area contributed by atoms with Crippen LogP contribution in [-0.4, -0.2) is 22.7 Å². The molecule has 0 saturated heterocycles. The summed E-state index contributed by atoms with van der Waals surface area (Å²) in [5, 5.41) is 9.43. The molecule has 5 heteroatoms. The van der Waals surface area contributed by atoms with E-state index in [1.54, 1.807) is 0 Å². The van der Waals surface area contributed by atoms with Crippen LogP contribution in [0.15, 0.2) is 70.9 Å². The number of hydrogen-bond acceptors (Lipinski definition) is 4. The van der Waals surface area contributed by atoms with Crippen molar-refractivity contribution in [3.05, 3.63) is 77.9 Å². The van der Waals surface area contributed by atoms with Gasteiger partial charge in [0.05, 0.1) is 18.2 Å². The largest absolute Gasteiger partial charge is 0.493 e. The minimum atomic E-state index is -0.728. The van der Waals surface area contributed by atoms with E-state index in [-0.39, 0.29) is 11.8 Å². The van der Waals surface area contributed by atoms with Crippen molar-refractivity contribution in [3.8, 4) is 11.5 Å². The van der Waals surface area contributed by atoms with Crippen molar-refractivity contribution < 1.29 is 19.1 Å². The Morgan fingerprint density at radius 1 is 1.33 bits per heavy atom. The lowest BCUT2D eigenvalue weighted by Gasteiger charge is -2.18. The van der Waals surface area contributed by atoms with Crippen molar-refractivity contribution in [1.29, 1.82) is 0 Å². The minimum absolute atomic E-state index is 0.0296. The molecular formula is C25H29NO4. The number of oxazole rings is 1. The number of nitrogens with zero attached hydrogens (tertiary/aromatic N) is 1. The topological polar surface area (TPSA) is 72.6 Å². The smallest absolute Gasteiger partial charge is 0.307 e. The molecule has 1 aromatic heterocycles. The Kier molecular flexibility index (Phi) is 7.66. The molecule has 0 amide bonds. The molecule has 2 atom stereocenters. The molecule has 0 saturated carbocycles. The molecule has 158 valence electrons. The monoisotopic (exact) mass is 407 g/mol. The first-order valence-electron chi connectivity index (χ1n) is 10.5. The molecule has 2 aromatic rings. The number of allylic oxidation sites excluding steroid dienone is 5. The lowest BCUT2D eigenvalue weighted by molar-refractivity contribution is -0.143. The maximum Gasteiger partial charge on any atom is 0.307 e. The number of hydrogen-bond donors (Lipinski definition) is 1. The van der Waals surface area contributed by atoms with E-state index in [1.807, 2.05) is 68.5 Å². The fourth-order valence-electron chi connectivity index (χ4n) is 3.65. The molecule has 1 aromatic carbocycles. The summed E-state index contributed by atoms with van der Waals surface area (Å²) in [7, 11) is 0. The molecule has 1 aliphatic rings.